The van der Waals surface area contributed by atoms with E-state index in [1.165, 1.54) is 38.5 Å². The van der Waals surface area contributed by atoms with E-state index in [-0.39, 0.29) is 11.5 Å². The zero-order chi connectivity index (χ0) is 21.7. The third kappa shape index (κ3) is 3.35. The molecule has 0 aromatic carbocycles. The van der Waals surface area contributed by atoms with E-state index in [1.807, 2.05) is 0 Å². The predicted octanol–water partition coefficient (Wildman–Crippen LogP) is 6.09. The molecule has 0 saturated heterocycles. The van der Waals surface area contributed by atoms with Gasteiger partial charge in [0, 0.05) is 0 Å². The summed E-state index contributed by atoms with van der Waals surface area (Å²) < 4.78 is 13.2. The summed E-state index contributed by atoms with van der Waals surface area (Å²) in [7, 11) is 0. The van der Waals surface area contributed by atoms with Gasteiger partial charge in [0.25, 0.3) is 0 Å². The number of alkyl halides is 1. The fourth-order valence-electron chi connectivity index (χ4n) is 9.29. The number of aliphatic hydroxyl groups is 1. The predicted molar refractivity (Wildman–Crippen MR) is 117 cm³/mol. The van der Waals surface area contributed by atoms with Crippen molar-refractivity contribution in [3.63, 3.8) is 0 Å². The average Bonchev–Trinajstić information content (AvgIpc) is 3.05. The van der Waals surface area contributed by atoms with E-state index in [9.17, 15) is 19.4 Å². The van der Waals surface area contributed by atoms with Gasteiger partial charge in [0.2, 0.25) is 0 Å². The fourth-order valence-corrected chi connectivity index (χ4v) is 9.29. The van der Waals surface area contributed by atoms with Gasteiger partial charge in [-0.15, -0.1) is 0 Å². The first-order chi connectivity index (χ1) is 14.3. The number of halogens is 1. The Morgan fingerprint density at radius 3 is 2.43 bits per heavy atom. The molecule has 0 spiro atoms. The van der Waals surface area contributed by atoms with Crippen LogP contribution in [0.25, 0.3) is 0 Å². The monoisotopic (exact) mass is 422 g/mol. The van der Waals surface area contributed by atoms with E-state index in [2.05, 4.69) is 20.8 Å². The molecule has 172 valence electrons. The molecule has 2 N–H and O–H groups in total. The van der Waals surface area contributed by atoms with Crippen molar-refractivity contribution in [1.82, 2.24) is 0 Å². The smallest absolute Gasteiger partial charge is 0.309 e. The number of carboxylic acid groups (broad SMARTS) is 1. The zero-order valence-corrected chi connectivity index (χ0v) is 19.3. The largest absolute Gasteiger partial charge is 0.481 e. The molecule has 4 rings (SSSR count). The first-order valence-corrected chi connectivity index (χ1v) is 12.7. The summed E-state index contributed by atoms with van der Waals surface area (Å²) in [4.78, 5) is 11.3. The van der Waals surface area contributed by atoms with Crippen molar-refractivity contribution in [1.29, 1.82) is 0 Å². The highest BCUT2D eigenvalue weighted by atomic mass is 19.1. The maximum atomic E-state index is 13.2. The normalized spacial score (nSPS) is 49.0. The van der Waals surface area contributed by atoms with Crippen LogP contribution in [0.4, 0.5) is 4.39 Å². The highest BCUT2D eigenvalue weighted by Gasteiger charge is 2.63. The van der Waals surface area contributed by atoms with E-state index in [0.29, 0.717) is 47.3 Å². The molecule has 4 aliphatic rings. The first kappa shape index (κ1) is 22.6. The Kier molecular flexibility index (Phi) is 6.29. The van der Waals surface area contributed by atoms with Crippen molar-refractivity contribution in [2.75, 3.05) is 6.67 Å². The molecule has 4 saturated carbocycles. The molecule has 0 radical (unpaired) electrons. The average molecular weight is 423 g/mol. The van der Waals surface area contributed by atoms with Gasteiger partial charge in [0.15, 0.2) is 0 Å². The Morgan fingerprint density at radius 1 is 1.03 bits per heavy atom. The van der Waals surface area contributed by atoms with Crippen LogP contribution in [0.15, 0.2) is 0 Å². The molecule has 2 unspecified atom stereocenters. The molecule has 0 aromatic heterocycles. The van der Waals surface area contributed by atoms with E-state index >= 15 is 0 Å². The quantitative estimate of drug-likeness (QED) is 0.544. The lowest BCUT2D eigenvalue weighted by atomic mass is 9.41. The second-order valence-electron chi connectivity index (χ2n) is 11.8. The number of carboxylic acids is 1. The second-order valence-corrected chi connectivity index (χ2v) is 11.8. The van der Waals surface area contributed by atoms with Gasteiger partial charge >= 0.3 is 5.97 Å². The molecule has 30 heavy (non-hydrogen) atoms. The lowest BCUT2D eigenvalue weighted by molar-refractivity contribution is -0.193. The van der Waals surface area contributed by atoms with Crippen LogP contribution < -0.4 is 0 Å². The first-order valence-electron chi connectivity index (χ1n) is 12.7. The SMILES string of the molecule is CC[C@H]1[C@@H](O)[C@H]2C3CC[C@H](CC[C@H](CF)C(=O)O)[C@@]3(C)CCC2[C@@]2(C)CCCC[C@@H]12. The topological polar surface area (TPSA) is 57.5 Å². The molecule has 4 heteroatoms. The maximum Gasteiger partial charge on any atom is 0.309 e. The van der Waals surface area contributed by atoms with Gasteiger partial charge in [-0.25, -0.2) is 0 Å². The summed E-state index contributed by atoms with van der Waals surface area (Å²) in [6.45, 7) is 6.48. The number of aliphatic carboxylic acids is 1. The van der Waals surface area contributed by atoms with Crippen LogP contribution in [0.5, 0.6) is 0 Å². The van der Waals surface area contributed by atoms with Gasteiger partial charge in [-0.1, -0.05) is 40.0 Å². The molecular formula is C26H43FO3. The van der Waals surface area contributed by atoms with Gasteiger partial charge < -0.3 is 10.2 Å². The van der Waals surface area contributed by atoms with Crippen molar-refractivity contribution in [2.45, 2.75) is 97.5 Å². The molecule has 0 aliphatic heterocycles. The highest BCUT2D eigenvalue weighted by Crippen LogP contribution is 2.69. The van der Waals surface area contributed by atoms with Gasteiger partial charge in [-0.3, -0.25) is 9.18 Å². The van der Waals surface area contributed by atoms with E-state index in [1.54, 1.807) is 0 Å². The van der Waals surface area contributed by atoms with E-state index < -0.39 is 18.6 Å². The number of fused-ring (bicyclic) bond motifs is 5. The van der Waals surface area contributed by atoms with Gasteiger partial charge in [0.1, 0.15) is 6.67 Å². The highest BCUT2D eigenvalue weighted by molar-refractivity contribution is 5.70. The number of hydrogen-bond donors (Lipinski definition) is 2. The second kappa shape index (κ2) is 8.37. The van der Waals surface area contributed by atoms with Crippen LogP contribution in [0, 0.1) is 52.3 Å². The van der Waals surface area contributed by atoms with Crippen molar-refractivity contribution in [3.05, 3.63) is 0 Å². The maximum absolute atomic E-state index is 13.2. The van der Waals surface area contributed by atoms with Crippen LogP contribution in [-0.4, -0.2) is 29.0 Å². The Balaban J connectivity index is 1.57. The zero-order valence-electron chi connectivity index (χ0n) is 19.3. The Morgan fingerprint density at radius 2 is 1.77 bits per heavy atom. The van der Waals surface area contributed by atoms with E-state index in [4.69, 9.17) is 0 Å². The molecule has 4 aliphatic carbocycles. The number of carbonyl (C=O) groups is 1. The molecule has 0 aromatic rings. The summed E-state index contributed by atoms with van der Waals surface area (Å²) in [5, 5.41) is 20.9. The van der Waals surface area contributed by atoms with Crippen LogP contribution in [0.1, 0.15) is 91.4 Å². The van der Waals surface area contributed by atoms with Gasteiger partial charge in [-0.05, 0) is 97.7 Å². The Labute approximate surface area is 182 Å². The molecule has 3 nitrogen and oxygen atoms in total. The van der Waals surface area contributed by atoms with Crippen molar-refractivity contribution < 1.29 is 19.4 Å². The molecule has 0 amide bonds. The summed E-state index contributed by atoms with van der Waals surface area (Å²) >= 11 is 0. The lowest BCUT2D eigenvalue weighted by Crippen LogP contribution is -2.61. The van der Waals surface area contributed by atoms with Crippen molar-refractivity contribution in [2.24, 2.45) is 52.3 Å². The number of aliphatic hydroxyl groups excluding tert-OH is 1. The van der Waals surface area contributed by atoms with Crippen molar-refractivity contribution in [3.8, 4) is 0 Å². The van der Waals surface area contributed by atoms with Crippen LogP contribution in [0.3, 0.4) is 0 Å². The van der Waals surface area contributed by atoms with Crippen molar-refractivity contribution >= 4 is 5.97 Å². The Hall–Kier alpha value is -0.640. The van der Waals surface area contributed by atoms with Crippen LogP contribution in [0.2, 0.25) is 0 Å². The summed E-state index contributed by atoms with van der Waals surface area (Å²) in [5.74, 6) is 1.31. The standard InChI is InChI=1S/C26H43FO3/c1-4-18-19-7-5-6-13-26(19,3)21-12-14-25(2)17(9-8-16(15-27)24(29)30)10-11-20(25)22(21)23(18)28/h16-23,28H,4-15H2,1-3H3,(H,29,30)/t16-,17+,18-,19+,20?,21?,22+,23-,25-,26+/m1/s1. The van der Waals surface area contributed by atoms with Crippen LogP contribution in [-0.2, 0) is 4.79 Å². The third-order valence-corrected chi connectivity index (χ3v) is 10.9. The minimum Gasteiger partial charge on any atom is -0.481 e. The summed E-state index contributed by atoms with van der Waals surface area (Å²) in [6, 6.07) is 0. The fraction of sp³-hybridized carbons (Fsp3) is 0.962. The van der Waals surface area contributed by atoms with Gasteiger partial charge in [0.05, 0.1) is 12.0 Å². The van der Waals surface area contributed by atoms with E-state index in [0.717, 1.165) is 25.7 Å². The minimum absolute atomic E-state index is 0.178. The molecule has 4 fully saturated rings. The van der Waals surface area contributed by atoms with Crippen LogP contribution >= 0.6 is 0 Å². The molecular weight excluding hydrogens is 379 g/mol. The third-order valence-electron chi connectivity index (χ3n) is 10.9. The minimum atomic E-state index is -0.995. The summed E-state index contributed by atoms with van der Waals surface area (Å²) in [6.07, 6.45) is 12.1. The number of hydrogen-bond acceptors (Lipinski definition) is 2. The number of rotatable bonds is 6. The van der Waals surface area contributed by atoms with Gasteiger partial charge in [-0.2, -0.15) is 0 Å². The molecule has 10 atom stereocenters. The molecule has 0 heterocycles. The molecule has 0 bridgehead atoms. The Bertz CT molecular complexity index is 638. The lowest BCUT2D eigenvalue weighted by Gasteiger charge is -2.64. The summed E-state index contributed by atoms with van der Waals surface area (Å²) in [5.41, 5.74) is 0.558.